The second-order valence-electron chi connectivity index (χ2n) is 3.40. The highest BCUT2D eigenvalue weighted by atomic mass is 16.2. The lowest BCUT2D eigenvalue weighted by atomic mass is 10.2. The van der Waals surface area contributed by atoms with Crippen molar-refractivity contribution < 1.29 is 4.79 Å². The molecule has 0 unspecified atom stereocenters. The predicted octanol–water partition coefficient (Wildman–Crippen LogP) is 0.234. The van der Waals surface area contributed by atoms with E-state index in [4.69, 9.17) is 0 Å². The summed E-state index contributed by atoms with van der Waals surface area (Å²) < 4.78 is 1.75. The zero-order valence-electron chi connectivity index (χ0n) is 8.82. The highest BCUT2D eigenvalue weighted by Gasteiger charge is 2.02. The Morgan fingerprint density at radius 3 is 2.86 bits per heavy atom. The van der Waals surface area contributed by atoms with Gasteiger partial charge in [-0.25, -0.2) is 4.79 Å². The molecule has 1 aromatic rings. The first kappa shape index (κ1) is 10.6. The van der Waals surface area contributed by atoms with Crippen LogP contribution in [0.4, 0.5) is 4.79 Å². The molecule has 0 atom stereocenters. The topological polar surface area (TPSA) is 50.2 Å². The molecule has 0 fully saturated rings. The lowest BCUT2D eigenvalue weighted by Crippen LogP contribution is -2.35. The van der Waals surface area contributed by atoms with Gasteiger partial charge in [0.2, 0.25) is 0 Å². The molecule has 0 bridgehead atoms. The summed E-state index contributed by atoms with van der Waals surface area (Å²) in [7, 11) is 5.32. The lowest BCUT2D eigenvalue weighted by Gasteiger charge is -2.10. The average Bonchev–Trinajstić information content (AvgIpc) is 2.51. The Kier molecular flexibility index (Phi) is 3.50. The van der Waals surface area contributed by atoms with Gasteiger partial charge in [0.05, 0.1) is 6.20 Å². The van der Waals surface area contributed by atoms with Crippen LogP contribution in [0.5, 0.6) is 0 Å². The quantitative estimate of drug-likeness (QED) is 0.752. The monoisotopic (exact) mass is 196 g/mol. The van der Waals surface area contributed by atoms with Gasteiger partial charge in [0, 0.05) is 33.9 Å². The molecule has 0 aliphatic heterocycles. The average molecular weight is 196 g/mol. The molecule has 1 rings (SSSR count). The Morgan fingerprint density at radius 2 is 2.36 bits per heavy atom. The van der Waals surface area contributed by atoms with Crippen molar-refractivity contribution in [2.45, 2.75) is 6.42 Å². The van der Waals surface area contributed by atoms with Crippen LogP contribution < -0.4 is 5.32 Å². The van der Waals surface area contributed by atoms with Gasteiger partial charge in [-0.15, -0.1) is 0 Å². The first-order valence-corrected chi connectivity index (χ1v) is 4.52. The number of nitrogens with zero attached hydrogens (tertiary/aromatic N) is 3. The fraction of sp³-hybridized carbons (Fsp3) is 0.556. The van der Waals surface area contributed by atoms with Gasteiger partial charge in [-0.1, -0.05) is 0 Å². The minimum atomic E-state index is -0.0612. The first-order valence-electron chi connectivity index (χ1n) is 4.52. The van der Waals surface area contributed by atoms with Crippen molar-refractivity contribution in [3.8, 4) is 0 Å². The smallest absolute Gasteiger partial charge is 0.316 e. The lowest BCUT2D eigenvalue weighted by molar-refractivity contribution is 0.217. The summed E-state index contributed by atoms with van der Waals surface area (Å²) in [6.07, 6.45) is 4.57. The maximum atomic E-state index is 11.1. The van der Waals surface area contributed by atoms with E-state index >= 15 is 0 Å². The highest BCUT2D eigenvalue weighted by Crippen LogP contribution is 1.95. The third-order valence-electron chi connectivity index (χ3n) is 1.85. The van der Waals surface area contributed by atoms with E-state index in [-0.39, 0.29) is 6.03 Å². The van der Waals surface area contributed by atoms with Gasteiger partial charge in [-0.2, -0.15) is 5.10 Å². The molecule has 1 N–H and O–H groups in total. The number of aromatic nitrogens is 2. The molecule has 5 nitrogen and oxygen atoms in total. The highest BCUT2D eigenvalue weighted by molar-refractivity contribution is 5.73. The zero-order chi connectivity index (χ0) is 10.6. The summed E-state index contributed by atoms with van der Waals surface area (Å²) in [6.45, 7) is 0.642. The van der Waals surface area contributed by atoms with Gasteiger partial charge in [0.1, 0.15) is 0 Å². The van der Waals surface area contributed by atoms with E-state index in [0.717, 1.165) is 12.0 Å². The van der Waals surface area contributed by atoms with Crippen LogP contribution in [0.25, 0.3) is 0 Å². The normalized spacial score (nSPS) is 9.93. The number of nitrogens with one attached hydrogen (secondary N) is 1. The fourth-order valence-corrected chi connectivity index (χ4v) is 1.07. The van der Waals surface area contributed by atoms with E-state index in [2.05, 4.69) is 10.4 Å². The molecule has 0 saturated heterocycles. The Hall–Kier alpha value is -1.52. The van der Waals surface area contributed by atoms with E-state index in [0.29, 0.717) is 6.54 Å². The second kappa shape index (κ2) is 4.64. The third-order valence-corrected chi connectivity index (χ3v) is 1.85. The molecule has 0 aromatic carbocycles. The van der Waals surface area contributed by atoms with Gasteiger partial charge in [0.15, 0.2) is 0 Å². The molecular formula is C9H16N4O. The van der Waals surface area contributed by atoms with Crippen LogP contribution in [-0.4, -0.2) is 41.4 Å². The van der Waals surface area contributed by atoms with Gasteiger partial charge >= 0.3 is 6.03 Å². The number of carbonyl (C=O) groups is 1. The molecular weight excluding hydrogens is 180 g/mol. The van der Waals surface area contributed by atoms with Crippen molar-refractivity contribution >= 4 is 6.03 Å². The molecule has 0 saturated carbocycles. The van der Waals surface area contributed by atoms with Crippen molar-refractivity contribution in [2.75, 3.05) is 20.6 Å². The molecule has 1 aromatic heterocycles. The van der Waals surface area contributed by atoms with Crippen molar-refractivity contribution in [1.82, 2.24) is 20.0 Å². The van der Waals surface area contributed by atoms with Gasteiger partial charge in [-0.3, -0.25) is 4.68 Å². The summed E-state index contributed by atoms with van der Waals surface area (Å²) in [5.74, 6) is 0. The maximum absolute atomic E-state index is 11.1. The predicted molar refractivity (Wildman–Crippen MR) is 54.0 cm³/mol. The third kappa shape index (κ3) is 3.08. The summed E-state index contributed by atoms with van der Waals surface area (Å²) in [4.78, 5) is 12.6. The molecule has 14 heavy (non-hydrogen) atoms. The molecule has 5 heteroatoms. The summed E-state index contributed by atoms with van der Waals surface area (Å²) in [6, 6.07) is -0.0612. The Balaban J connectivity index is 2.25. The fourth-order valence-electron chi connectivity index (χ4n) is 1.07. The molecule has 0 spiro atoms. The van der Waals surface area contributed by atoms with Crippen molar-refractivity contribution in [2.24, 2.45) is 7.05 Å². The second-order valence-corrected chi connectivity index (χ2v) is 3.40. The Labute approximate surface area is 83.7 Å². The van der Waals surface area contributed by atoms with Crippen LogP contribution in [0.1, 0.15) is 5.56 Å². The number of aryl methyl sites for hydroxylation is 1. The van der Waals surface area contributed by atoms with E-state index < -0.39 is 0 Å². The zero-order valence-corrected chi connectivity index (χ0v) is 8.82. The number of hydrogen-bond acceptors (Lipinski definition) is 2. The largest absolute Gasteiger partial charge is 0.338 e. The van der Waals surface area contributed by atoms with E-state index in [1.807, 2.05) is 19.4 Å². The number of hydrogen-bond donors (Lipinski definition) is 1. The van der Waals surface area contributed by atoms with Crippen molar-refractivity contribution in [1.29, 1.82) is 0 Å². The summed E-state index contributed by atoms with van der Waals surface area (Å²) in [5, 5.41) is 6.83. The summed E-state index contributed by atoms with van der Waals surface area (Å²) >= 11 is 0. The molecule has 78 valence electrons. The van der Waals surface area contributed by atoms with Gasteiger partial charge < -0.3 is 10.2 Å². The number of urea groups is 1. The van der Waals surface area contributed by atoms with Crippen LogP contribution in [0, 0.1) is 0 Å². The van der Waals surface area contributed by atoms with Crippen LogP contribution in [0.3, 0.4) is 0 Å². The van der Waals surface area contributed by atoms with Crippen LogP contribution in [-0.2, 0) is 13.5 Å². The Morgan fingerprint density at radius 1 is 1.64 bits per heavy atom. The molecule has 0 radical (unpaired) electrons. The first-order chi connectivity index (χ1) is 6.59. The molecule has 0 aliphatic carbocycles. The number of carbonyl (C=O) groups excluding carboxylic acids is 1. The van der Waals surface area contributed by atoms with E-state index in [1.165, 1.54) is 4.90 Å². The maximum Gasteiger partial charge on any atom is 0.316 e. The molecule has 1 heterocycles. The van der Waals surface area contributed by atoms with Crippen LogP contribution >= 0.6 is 0 Å². The van der Waals surface area contributed by atoms with Gasteiger partial charge in [-0.05, 0) is 12.0 Å². The minimum absolute atomic E-state index is 0.0612. The SMILES string of the molecule is CN(C)C(=O)NCCc1cnn(C)c1. The van der Waals surface area contributed by atoms with E-state index in [1.54, 1.807) is 18.8 Å². The molecule has 2 amide bonds. The molecule has 0 aliphatic rings. The minimum Gasteiger partial charge on any atom is -0.338 e. The number of rotatable bonds is 3. The standard InChI is InChI=1S/C9H16N4O/c1-12(2)9(14)10-5-4-8-6-11-13(3)7-8/h6-7H,4-5H2,1-3H3,(H,10,14). The van der Waals surface area contributed by atoms with Crippen LogP contribution in [0.15, 0.2) is 12.4 Å². The van der Waals surface area contributed by atoms with Crippen LogP contribution in [0.2, 0.25) is 0 Å². The van der Waals surface area contributed by atoms with Crippen molar-refractivity contribution in [3.05, 3.63) is 18.0 Å². The summed E-state index contributed by atoms with van der Waals surface area (Å²) in [5.41, 5.74) is 1.13. The van der Waals surface area contributed by atoms with Crippen molar-refractivity contribution in [3.63, 3.8) is 0 Å². The number of amides is 2. The Bertz CT molecular complexity index is 306. The van der Waals surface area contributed by atoms with E-state index in [9.17, 15) is 4.79 Å². The van der Waals surface area contributed by atoms with Gasteiger partial charge in [0.25, 0.3) is 0 Å².